The standard InChI is InChI=1S/C15H16FNO2S/c1-2-12-5-9-15(10-6-12)20(18,19)17-11-13-3-7-14(16)8-4-13/h3-10,17H,2,11H2,1H3. The van der Waals surface area contributed by atoms with Crippen molar-refractivity contribution in [3.8, 4) is 0 Å². The van der Waals surface area contributed by atoms with E-state index in [4.69, 9.17) is 0 Å². The van der Waals surface area contributed by atoms with Crippen LogP contribution in [0, 0.1) is 5.82 Å². The number of sulfonamides is 1. The number of hydrogen-bond acceptors (Lipinski definition) is 2. The van der Waals surface area contributed by atoms with E-state index in [9.17, 15) is 12.8 Å². The van der Waals surface area contributed by atoms with Crippen LogP contribution >= 0.6 is 0 Å². The Hall–Kier alpha value is -1.72. The van der Waals surface area contributed by atoms with E-state index in [1.54, 1.807) is 36.4 Å². The highest BCUT2D eigenvalue weighted by Gasteiger charge is 2.13. The fourth-order valence-electron chi connectivity index (χ4n) is 1.77. The van der Waals surface area contributed by atoms with Gasteiger partial charge < -0.3 is 0 Å². The molecule has 0 saturated carbocycles. The first-order valence-corrected chi connectivity index (χ1v) is 7.82. The van der Waals surface area contributed by atoms with Crippen LogP contribution in [0.5, 0.6) is 0 Å². The zero-order valence-electron chi connectivity index (χ0n) is 11.1. The summed E-state index contributed by atoms with van der Waals surface area (Å²) in [6.07, 6.45) is 0.864. The van der Waals surface area contributed by atoms with Crippen molar-refractivity contribution in [1.82, 2.24) is 4.72 Å². The predicted molar refractivity (Wildman–Crippen MR) is 76.2 cm³/mol. The monoisotopic (exact) mass is 293 g/mol. The quantitative estimate of drug-likeness (QED) is 0.921. The van der Waals surface area contributed by atoms with Crippen molar-refractivity contribution < 1.29 is 12.8 Å². The van der Waals surface area contributed by atoms with Gasteiger partial charge in [0.15, 0.2) is 0 Å². The molecular weight excluding hydrogens is 277 g/mol. The maximum Gasteiger partial charge on any atom is 0.240 e. The molecule has 2 rings (SSSR count). The summed E-state index contributed by atoms with van der Waals surface area (Å²) in [6, 6.07) is 12.5. The summed E-state index contributed by atoms with van der Waals surface area (Å²) in [5.74, 6) is -0.341. The molecule has 106 valence electrons. The Bertz CT molecular complexity index is 664. The lowest BCUT2D eigenvalue weighted by Crippen LogP contribution is -2.23. The third-order valence-corrected chi connectivity index (χ3v) is 4.44. The van der Waals surface area contributed by atoms with Crippen molar-refractivity contribution in [2.24, 2.45) is 0 Å². The molecule has 3 nitrogen and oxygen atoms in total. The molecule has 0 radical (unpaired) electrons. The maximum atomic E-state index is 12.8. The van der Waals surface area contributed by atoms with Gasteiger partial charge in [0.1, 0.15) is 5.82 Å². The SMILES string of the molecule is CCc1ccc(S(=O)(=O)NCc2ccc(F)cc2)cc1. The highest BCUT2D eigenvalue weighted by atomic mass is 32.2. The first kappa shape index (κ1) is 14.7. The van der Waals surface area contributed by atoms with Gasteiger partial charge in [0.05, 0.1) is 4.90 Å². The topological polar surface area (TPSA) is 46.2 Å². The van der Waals surface area contributed by atoms with Crippen LogP contribution in [0.1, 0.15) is 18.1 Å². The van der Waals surface area contributed by atoms with Gasteiger partial charge in [0, 0.05) is 6.54 Å². The second-order valence-corrected chi connectivity index (χ2v) is 6.22. The number of aryl methyl sites for hydroxylation is 1. The Labute approximate surface area is 118 Å². The Balaban J connectivity index is 2.08. The minimum Gasteiger partial charge on any atom is -0.207 e. The minimum atomic E-state index is -3.54. The van der Waals surface area contributed by atoms with Crippen molar-refractivity contribution in [3.05, 3.63) is 65.5 Å². The third kappa shape index (κ3) is 3.65. The van der Waals surface area contributed by atoms with Gasteiger partial charge in [-0.05, 0) is 41.8 Å². The van der Waals surface area contributed by atoms with Crippen molar-refractivity contribution in [2.45, 2.75) is 24.8 Å². The lowest BCUT2D eigenvalue weighted by atomic mass is 10.2. The number of halogens is 1. The summed E-state index contributed by atoms with van der Waals surface area (Å²) >= 11 is 0. The maximum absolute atomic E-state index is 12.8. The highest BCUT2D eigenvalue weighted by molar-refractivity contribution is 7.89. The molecule has 20 heavy (non-hydrogen) atoms. The fourth-order valence-corrected chi connectivity index (χ4v) is 2.79. The molecule has 0 unspecified atom stereocenters. The third-order valence-electron chi connectivity index (χ3n) is 3.02. The summed E-state index contributed by atoms with van der Waals surface area (Å²) in [5, 5.41) is 0. The minimum absolute atomic E-state index is 0.137. The summed E-state index contributed by atoms with van der Waals surface area (Å²) < 4.78 is 39.4. The van der Waals surface area contributed by atoms with E-state index in [0.717, 1.165) is 12.0 Å². The van der Waals surface area contributed by atoms with Crippen LogP contribution in [0.2, 0.25) is 0 Å². The van der Waals surface area contributed by atoms with E-state index >= 15 is 0 Å². The molecule has 5 heteroatoms. The van der Waals surface area contributed by atoms with E-state index in [1.807, 2.05) is 6.92 Å². The molecule has 0 saturated heterocycles. The molecule has 0 heterocycles. The van der Waals surface area contributed by atoms with Crippen LogP contribution in [0.25, 0.3) is 0 Å². The van der Waals surface area contributed by atoms with E-state index < -0.39 is 10.0 Å². The Morgan fingerprint density at radius 2 is 1.50 bits per heavy atom. The second kappa shape index (κ2) is 6.15. The Kier molecular flexibility index (Phi) is 4.52. The smallest absolute Gasteiger partial charge is 0.207 e. The zero-order chi connectivity index (χ0) is 14.6. The predicted octanol–water partition coefficient (Wildman–Crippen LogP) is 2.87. The van der Waals surface area contributed by atoms with Crippen molar-refractivity contribution in [2.75, 3.05) is 0 Å². The molecular formula is C15H16FNO2S. The van der Waals surface area contributed by atoms with Crippen molar-refractivity contribution >= 4 is 10.0 Å². The summed E-state index contributed by atoms with van der Waals surface area (Å²) in [7, 11) is -3.54. The first-order valence-electron chi connectivity index (χ1n) is 6.34. The normalized spacial score (nSPS) is 11.5. The highest BCUT2D eigenvalue weighted by Crippen LogP contribution is 2.12. The van der Waals surface area contributed by atoms with Gasteiger partial charge in [-0.25, -0.2) is 17.5 Å². The van der Waals surface area contributed by atoms with Crippen LogP contribution in [-0.2, 0) is 23.0 Å². The molecule has 0 aliphatic rings. The summed E-state index contributed by atoms with van der Waals surface area (Å²) in [5.41, 5.74) is 1.79. The van der Waals surface area contributed by atoms with E-state index in [2.05, 4.69) is 4.72 Å². The largest absolute Gasteiger partial charge is 0.240 e. The molecule has 0 aliphatic heterocycles. The van der Waals surface area contributed by atoms with Gasteiger partial charge in [0.25, 0.3) is 0 Å². The van der Waals surface area contributed by atoms with E-state index in [0.29, 0.717) is 5.56 Å². The first-order chi connectivity index (χ1) is 9.51. The van der Waals surface area contributed by atoms with Gasteiger partial charge in [0.2, 0.25) is 10.0 Å². The van der Waals surface area contributed by atoms with Crippen LogP contribution in [0.3, 0.4) is 0 Å². The molecule has 0 aromatic heterocycles. The lowest BCUT2D eigenvalue weighted by molar-refractivity contribution is 0.581. The van der Waals surface area contributed by atoms with Gasteiger partial charge in [-0.3, -0.25) is 0 Å². The average Bonchev–Trinajstić information content (AvgIpc) is 2.47. The number of benzene rings is 2. The number of nitrogens with one attached hydrogen (secondary N) is 1. The molecule has 2 aromatic carbocycles. The van der Waals surface area contributed by atoms with Gasteiger partial charge >= 0.3 is 0 Å². The zero-order valence-corrected chi connectivity index (χ0v) is 12.0. The summed E-state index contributed by atoms with van der Waals surface area (Å²) in [6.45, 7) is 2.15. The van der Waals surface area contributed by atoms with Crippen LogP contribution in [0.4, 0.5) is 4.39 Å². The van der Waals surface area contributed by atoms with E-state index in [1.165, 1.54) is 12.1 Å². The molecule has 0 atom stereocenters. The molecule has 0 amide bonds. The molecule has 0 spiro atoms. The average molecular weight is 293 g/mol. The number of hydrogen-bond donors (Lipinski definition) is 1. The van der Waals surface area contributed by atoms with Crippen LogP contribution in [-0.4, -0.2) is 8.42 Å². The molecule has 1 N–H and O–H groups in total. The Morgan fingerprint density at radius 1 is 0.950 bits per heavy atom. The van der Waals surface area contributed by atoms with Gasteiger partial charge in [-0.15, -0.1) is 0 Å². The van der Waals surface area contributed by atoms with Gasteiger partial charge in [-0.2, -0.15) is 0 Å². The lowest BCUT2D eigenvalue weighted by Gasteiger charge is -2.07. The molecule has 2 aromatic rings. The van der Waals surface area contributed by atoms with Crippen molar-refractivity contribution in [1.29, 1.82) is 0 Å². The van der Waals surface area contributed by atoms with Gasteiger partial charge in [-0.1, -0.05) is 31.2 Å². The van der Waals surface area contributed by atoms with Crippen LogP contribution < -0.4 is 4.72 Å². The van der Waals surface area contributed by atoms with E-state index in [-0.39, 0.29) is 17.3 Å². The molecule has 0 aliphatic carbocycles. The van der Waals surface area contributed by atoms with Crippen molar-refractivity contribution in [3.63, 3.8) is 0 Å². The molecule has 0 fully saturated rings. The second-order valence-electron chi connectivity index (χ2n) is 4.45. The Morgan fingerprint density at radius 3 is 2.05 bits per heavy atom. The fraction of sp³-hybridized carbons (Fsp3) is 0.200. The number of rotatable bonds is 5. The van der Waals surface area contributed by atoms with Crippen LogP contribution in [0.15, 0.2) is 53.4 Å². The summed E-state index contributed by atoms with van der Waals surface area (Å²) in [4.78, 5) is 0.233. The molecule has 0 bridgehead atoms.